The number of hydrogen-bond donors (Lipinski definition) is 2. The highest BCUT2D eigenvalue weighted by molar-refractivity contribution is 5.77. The van der Waals surface area contributed by atoms with Gasteiger partial charge in [-0.3, -0.25) is 9.89 Å². The number of ether oxygens (including phenoxy) is 1. The molecule has 0 saturated carbocycles. The van der Waals surface area contributed by atoms with E-state index in [1.165, 1.54) is 18.4 Å². The van der Waals surface area contributed by atoms with Gasteiger partial charge in [0.05, 0.1) is 7.11 Å². The van der Waals surface area contributed by atoms with Crippen LogP contribution in [0, 0.1) is 11.8 Å². The van der Waals surface area contributed by atoms with Crippen molar-refractivity contribution in [1.29, 1.82) is 0 Å². The van der Waals surface area contributed by atoms with Crippen LogP contribution in [-0.2, 0) is 0 Å². The summed E-state index contributed by atoms with van der Waals surface area (Å²) in [6, 6.07) is 8.83. The number of guanidine groups is 1. The van der Waals surface area contributed by atoms with Crippen LogP contribution in [0.3, 0.4) is 0 Å². The molecule has 134 valence electrons. The predicted octanol–water partition coefficient (Wildman–Crippen LogP) is 2.64. The first-order valence-corrected chi connectivity index (χ1v) is 8.89. The third-order valence-electron chi connectivity index (χ3n) is 4.64. The van der Waals surface area contributed by atoms with Gasteiger partial charge in [0, 0.05) is 19.1 Å². The van der Waals surface area contributed by atoms with E-state index in [4.69, 9.17) is 10.5 Å². The molecular weight excluding hydrogens is 300 g/mol. The van der Waals surface area contributed by atoms with Crippen molar-refractivity contribution in [2.45, 2.75) is 32.7 Å². The van der Waals surface area contributed by atoms with Gasteiger partial charge < -0.3 is 15.8 Å². The molecule has 1 fully saturated rings. The van der Waals surface area contributed by atoms with Gasteiger partial charge in [-0.05, 0) is 56.0 Å². The van der Waals surface area contributed by atoms with Crippen LogP contribution in [0.2, 0.25) is 0 Å². The molecule has 24 heavy (non-hydrogen) atoms. The van der Waals surface area contributed by atoms with Gasteiger partial charge in [0.1, 0.15) is 5.75 Å². The Labute approximate surface area is 146 Å². The van der Waals surface area contributed by atoms with Crippen LogP contribution >= 0.6 is 0 Å². The third kappa shape index (κ3) is 5.13. The third-order valence-corrected chi connectivity index (χ3v) is 4.64. The number of methoxy groups -OCH3 is 1. The Hall–Kier alpha value is -1.75. The highest BCUT2D eigenvalue weighted by Gasteiger charge is 2.30. The molecule has 2 atom stereocenters. The quantitative estimate of drug-likeness (QED) is 0.621. The highest BCUT2D eigenvalue weighted by Crippen LogP contribution is 2.35. The molecule has 0 spiro atoms. The zero-order valence-corrected chi connectivity index (χ0v) is 15.5. The maximum Gasteiger partial charge on any atom is 0.188 e. The van der Waals surface area contributed by atoms with Crippen molar-refractivity contribution in [3.63, 3.8) is 0 Å². The number of nitrogens with zero attached hydrogens (tertiary/aromatic N) is 2. The first kappa shape index (κ1) is 18.6. The Morgan fingerprint density at radius 2 is 2.08 bits per heavy atom. The molecule has 1 aliphatic rings. The second-order valence-electron chi connectivity index (χ2n) is 7.10. The second-order valence-corrected chi connectivity index (χ2v) is 7.10. The maximum atomic E-state index is 6.00. The Kier molecular flexibility index (Phi) is 6.91. The molecule has 5 heteroatoms. The number of nitrogens with two attached hydrogens (primary N) is 1. The lowest BCUT2D eigenvalue weighted by Crippen LogP contribution is -2.43. The van der Waals surface area contributed by atoms with Crippen LogP contribution in [0.4, 0.5) is 0 Å². The minimum absolute atomic E-state index is 0.398. The molecule has 1 heterocycles. The predicted molar refractivity (Wildman–Crippen MR) is 100 cm³/mol. The minimum atomic E-state index is 0.398. The number of piperidine rings is 1. The number of rotatable bonds is 6. The van der Waals surface area contributed by atoms with Crippen LogP contribution in [-0.4, -0.2) is 44.7 Å². The molecule has 1 saturated heterocycles. The summed E-state index contributed by atoms with van der Waals surface area (Å²) in [6.45, 7) is 7.04. The molecule has 0 bridgehead atoms. The van der Waals surface area contributed by atoms with Crippen LogP contribution in [0.15, 0.2) is 29.3 Å². The smallest absolute Gasteiger partial charge is 0.188 e. The average Bonchev–Trinajstić information content (AvgIpc) is 2.58. The number of nitrogens with one attached hydrogen (secondary N) is 1. The summed E-state index contributed by atoms with van der Waals surface area (Å²) in [4.78, 5) is 6.84. The van der Waals surface area contributed by atoms with Crippen LogP contribution in [0.25, 0.3) is 0 Å². The second kappa shape index (κ2) is 8.92. The lowest BCUT2D eigenvalue weighted by Gasteiger charge is -2.39. The average molecular weight is 332 g/mol. The van der Waals surface area contributed by atoms with Gasteiger partial charge in [0.2, 0.25) is 0 Å². The van der Waals surface area contributed by atoms with Crippen molar-refractivity contribution < 1.29 is 4.74 Å². The van der Waals surface area contributed by atoms with E-state index in [1.54, 1.807) is 7.11 Å². The Morgan fingerprint density at radius 1 is 1.38 bits per heavy atom. The SMILES string of the molecule is COc1ccc(C2C(CNC(N)=NCC(C)C)CCCN2C)cc1. The summed E-state index contributed by atoms with van der Waals surface area (Å²) in [5.41, 5.74) is 7.34. The summed E-state index contributed by atoms with van der Waals surface area (Å²) in [5.74, 6) is 2.51. The van der Waals surface area contributed by atoms with Gasteiger partial charge in [-0.15, -0.1) is 0 Å². The molecule has 0 amide bonds. The number of aliphatic imine (C=N–C) groups is 1. The van der Waals surface area contributed by atoms with Gasteiger partial charge in [-0.25, -0.2) is 0 Å². The minimum Gasteiger partial charge on any atom is -0.497 e. The standard InChI is InChI=1S/C19H32N4O/c1-14(2)12-21-19(20)22-13-16-6-5-11-23(3)18(16)15-7-9-17(24-4)10-8-15/h7-10,14,16,18H,5-6,11-13H2,1-4H3,(H3,20,21,22). The molecule has 0 aromatic heterocycles. The summed E-state index contributed by atoms with van der Waals surface area (Å²) in [5, 5.41) is 3.33. The molecule has 1 aliphatic heterocycles. The van der Waals surface area contributed by atoms with Gasteiger partial charge in [-0.2, -0.15) is 0 Å². The highest BCUT2D eigenvalue weighted by atomic mass is 16.5. The molecule has 2 rings (SSSR count). The largest absolute Gasteiger partial charge is 0.497 e. The van der Waals surface area contributed by atoms with Crippen LogP contribution < -0.4 is 15.8 Å². The first-order chi connectivity index (χ1) is 11.5. The summed E-state index contributed by atoms with van der Waals surface area (Å²) < 4.78 is 5.28. The normalized spacial score (nSPS) is 22.6. The Morgan fingerprint density at radius 3 is 2.71 bits per heavy atom. The van der Waals surface area contributed by atoms with E-state index < -0.39 is 0 Å². The molecule has 0 radical (unpaired) electrons. The van der Waals surface area contributed by atoms with E-state index in [2.05, 4.69) is 48.2 Å². The van der Waals surface area contributed by atoms with Crippen molar-refractivity contribution >= 4 is 5.96 Å². The van der Waals surface area contributed by atoms with Crippen molar-refractivity contribution in [2.24, 2.45) is 22.6 Å². The fraction of sp³-hybridized carbons (Fsp3) is 0.632. The van der Waals surface area contributed by atoms with Gasteiger partial charge in [0.15, 0.2) is 5.96 Å². The molecule has 5 nitrogen and oxygen atoms in total. The van der Waals surface area contributed by atoms with Crippen molar-refractivity contribution in [2.75, 3.05) is 33.8 Å². The Bertz CT molecular complexity index is 527. The number of benzene rings is 1. The van der Waals surface area contributed by atoms with Crippen LogP contribution in [0.1, 0.15) is 38.3 Å². The van der Waals surface area contributed by atoms with E-state index in [9.17, 15) is 0 Å². The number of hydrogen-bond acceptors (Lipinski definition) is 3. The van der Waals surface area contributed by atoms with Crippen molar-refractivity contribution in [3.8, 4) is 5.75 Å². The summed E-state index contributed by atoms with van der Waals surface area (Å²) in [6.07, 6.45) is 2.42. The summed E-state index contributed by atoms with van der Waals surface area (Å²) >= 11 is 0. The van der Waals surface area contributed by atoms with Gasteiger partial charge in [0.25, 0.3) is 0 Å². The molecule has 2 unspecified atom stereocenters. The van der Waals surface area contributed by atoms with Crippen molar-refractivity contribution in [3.05, 3.63) is 29.8 Å². The number of likely N-dealkylation sites (tertiary alicyclic amines) is 1. The lowest BCUT2D eigenvalue weighted by atomic mass is 9.85. The van der Waals surface area contributed by atoms with Gasteiger partial charge >= 0.3 is 0 Å². The molecule has 1 aromatic carbocycles. The van der Waals surface area contributed by atoms with Crippen LogP contribution in [0.5, 0.6) is 5.75 Å². The lowest BCUT2D eigenvalue weighted by molar-refractivity contribution is 0.122. The first-order valence-electron chi connectivity index (χ1n) is 8.89. The van der Waals surface area contributed by atoms with E-state index >= 15 is 0 Å². The molecule has 0 aliphatic carbocycles. The zero-order chi connectivity index (χ0) is 17.5. The fourth-order valence-electron chi connectivity index (χ4n) is 3.37. The molecular formula is C19H32N4O. The zero-order valence-electron chi connectivity index (χ0n) is 15.5. The van der Waals surface area contributed by atoms with E-state index in [0.29, 0.717) is 23.8 Å². The topological polar surface area (TPSA) is 62.9 Å². The monoisotopic (exact) mass is 332 g/mol. The van der Waals surface area contributed by atoms with E-state index in [0.717, 1.165) is 25.4 Å². The Balaban J connectivity index is 2.04. The van der Waals surface area contributed by atoms with Crippen molar-refractivity contribution in [1.82, 2.24) is 10.2 Å². The van der Waals surface area contributed by atoms with E-state index in [1.807, 2.05) is 12.1 Å². The van der Waals surface area contributed by atoms with Gasteiger partial charge in [-0.1, -0.05) is 26.0 Å². The fourth-order valence-corrected chi connectivity index (χ4v) is 3.37. The molecule has 3 N–H and O–H groups in total. The van der Waals surface area contributed by atoms with E-state index in [-0.39, 0.29) is 0 Å². The maximum absolute atomic E-state index is 6.00. The summed E-state index contributed by atoms with van der Waals surface area (Å²) in [7, 11) is 3.91. The molecule has 1 aromatic rings.